The van der Waals surface area contributed by atoms with Crippen molar-refractivity contribution in [3.8, 4) is 5.75 Å². The minimum atomic E-state index is 0.243. The Bertz CT molecular complexity index is 418. The van der Waals surface area contributed by atoms with Crippen LogP contribution < -0.4 is 10.1 Å². The molecule has 1 atom stereocenters. The van der Waals surface area contributed by atoms with Gasteiger partial charge in [-0.3, -0.25) is 0 Å². The molecule has 0 spiro atoms. The minimum absolute atomic E-state index is 0.243. The monoisotopic (exact) mass is 355 g/mol. The first-order valence-electron chi connectivity index (χ1n) is 8.10. The van der Waals surface area contributed by atoms with Crippen LogP contribution in [0.3, 0.4) is 0 Å². The molecule has 1 aromatic carbocycles. The van der Waals surface area contributed by atoms with Gasteiger partial charge in [-0.2, -0.15) is 0 Å². The highest BCUT2D eigenvalue weighted by atomic mass is 79.9. The standard InChI is InChI=1S/C18H30BrNO/c1-6-7-16(12-20-11-13(2)3)21-18-9-8-15(19)10-17(18)14(4)5/h8-10,13-14,16,20H,6-7,11-12H2,1-5H3. The van der Waals surface area contributed by atoms with Gasteiger partial charge >= 0.3 is 0 Å². The lowest BCUT2D eigenvalue weighted by Gasteiger charge is -2.23. The number of halogens is 1. The molecule has 0 saturated carbocycles. The summed E-state index contributed by atoms with van der Waals surface area (Å²) in [6.07, 6.45) is 2.47. The fraction of sp³-hybridized carbons (Fsp3) is 0.667. The Balaban J connectivity index is 2.73. The van der Waals surface area contributed by atoms with Crippen molar-refractivity contribution < 1.29 is 4.74 Å². The summed E-state index contributed by atoms with van der Waals surface area (Å²) in [6, 6.07) is 6.32. The maximum absolute atomic E-state index is 6.30. The molecule has 0 aliphatic heterocycles. The first-order chi connectivity index (χ1) is 9.93. The predicted molar refractivity (Wildman–Crippen MR) is 95.3 cm³/mol. The third-order valence-electron chi connectivity index (χ3n) is 3.42. The lowest BCUT2D eigenvalue weighted by atomic mass is 10.0. The van der Waals surface area contributed by atoms with E-state index in [9.17, 15) is 0 Å². The minimum Gasteiger partial charge on any atom is -0.489 e. The number of ether oxygens (including phenoxy) is 1. The van der Waals surface area contributed by atoms with Crippen LogP contribution in [0.5, 0.6) is 5.75 Å². The molecule has 1 N–H and O–H groups in total. The summed E-state index contributed by atoms with van der Waals surface area (Å²) in [5, 5.41) is 3.52. The van der Waals surface area contributed by atoms with Gasteiger partial charge in [0.15, 0.2) is 0 Å². The molecule has 0 fully saturated rings. The summed E-state index contributed by atoms with van der Waals surface area (Å²) >= 11 is 3.55. The van der Waals surface area contributed by atoms with Gasteiger partial charge in [0.1, 0.15) is 11.9 Å². The van der Waals surface area contributed by atoms with Crippen molar-refractivity contribution in [2.75, 3.05) is 13.1 Å². The Morgan fingerprint density at radius 1 is 1.14 bits per heavy atom. The van der Waals surface area contributed by atoms with Crippen LogP contribution in [0.4, 0.5) is 0 Å². The molecule has 0 heterocycles. The van der Waals surface area contributed by atoms with E-state index in [-0.39, 0.29) is 6.10 Å². The second-order valence-corrected chi connectivity index (χ2v) is 7.33. The topological polar surface area (TPSA) is 21.3 Å². The van der Waals surface area contributed by atoms with Gasteiger partial charge in [0.05, 0.1) is 0 Å². The molecule has 1 rings (SSSR count). The molecule has 0 aromatic heterocycles. The Morgan fingerprint density at radius 3 is 2.43 bits per heavy atom. The molecule has 0 aliphatic carbocycles. The molecule has 0 bridgehead atoms. The van der Waals surface area contributed by atoms with Crippen LogP contribution in [-0.2, 0) is 0 Å². The molecule has 120 valence electrons. The Hall–Kier alpha value is -0.540. The fourth-order valence-electron chi connectivity index (χ4n) is 2.32. The van der Waals surface area contributed by atoms with Crippen LogP contribution in [0, 0.1) is 5.92 Å². The highest BCUT2D eigenvalue weighted by molar-refractivity contribution is 9.10. The van der Waals surface area contributed by atoms with Gasteiger partial charge in [-0.05, 0) is 48.6 Å². The smallest absolute Gasteiger partial charge is 0.123 e. The number of benzene rings is 1. The fourth-order valence-corrected chi connectivity index (χ4v) is 2.69. The molecule has 0 aliphatic rings. The van der Waals surface area contributed by atoms with E-state index in [1.807, 2.05) is 0 Å². The second kappa shape index (κ2) is 9.47. The highest BCUT2D eigenvalue weighted by Gasteiger charge is 2.14. The zero-order valence-electron chi connectivity index (χ0n) is 14.1. The van der Waals surface area contributed by atoms with Crippen molar-refractivity contribution in [1.29, 1.82) is 0 Å². The van der Waals surface area contributed by atoms with E-state index in [2.05, 4.69) is 74.1 Å². The quantitative estimate of drug-likeness (QED) is 0.643. The lowest BCUT2D eigenvalue weighted by molar-refractivity contribution is 0.183. The van der Waals surface area contributed by atoms with E-state index in [0.29, 0.717) is 11.8 Å². The third-order valence-corrected chi connectivity index (χ3v) is 3.92. The van der Waals surface area contributed by atoms with Gasteiger partial charge in [0, 0.05) is 11.0 Å². The molecular formula is C18H30BrNO. The average molecular weight is 356 g/mol. The van der Waals surface area contributed by atoms with Crippen molar-refractivity contribution in [2.45, 2.75) is 59.5 Å². The first kappa shape index (κ1) is 18.5. The van der Waals surface area contributed by atoms with Crippen LogP contribution in [-0.4, -0.2) is 19.2 Å². The maximum atomic E-state index is 6.30. The van der Waals surface area contributed by atoms with Crippen molar-refractivity contribution in [2.24, 2.45) is 5.92 Å². The van der Waals surface area contributed by atoms with Gasteiger partial charge < -0.3 is 10.1 Å². The zero-order chi connectivity index (χ0) is 15.8. The highest BCUT2D eigenvalue weighted by Crippen LogP contribution is 2.30. The summed E-state index contributed by atoms with van der Waals surface area (Å²) in [6.45, 7) is 13.0. The number of hydrogen-bond acceptors (Lipinski definition) is 2. The van der Waals surface area contributed by atoms with Gasteiger partial charge in [0.25, 0.3) is 0 Å². The molecule has 1 unspecified atom stereocenters. The molecular weight excluding hydrogens is 326 g/mol. The van der Waals surface area contributed by atoms with Gasteiger partial charge in [-0.25, -0.2) is 0 Å². The average Bonchev–Trinajstić information content (AvgIpc) is 2.40. The molecule has 0 radical (unpaired) electrons. The molecule has 0 saturated heterocycles. The predicted octanol–water partition coefficient (Wildman–Crippen LogP) is 5.37. The molecule has 3 heteroatoms. The molecule has 21 heavy (non-hydrogen) atoms. The summed E-state index contributed by atoms with van der Waals surface area (Å²) in [5.41, 5.74) is 1.27. The zero-order valence-corrected chi connectivity index (χ0v) is 15.7. The largest absolute Gasteiger partial charge is 0.489 e. The lowest BCUT2D eigenvalue weighted by Crippen LogP contribution is -2.33. The van der Waals surface area contributed by atoms with Crippen LogP contribution in [0.25, 0.3) is 0 Å². The van der Waals surface area contributed by atoms with E-state index in [4.69, 9.17) is 4.74 Å². The van der Waals surface area contributed by atoms with Crippen LogP contribution in [0.2, 0.25) is 0 Å². The van der Waals surface area contributed by atoms with Crippen molar-refractivity contribution in [3.63, 3.8) is 0 Å². The van der Waals surface area contributed by atoms with Crippen LogP contribution in [0.15, 0.2) is 22.7 Å². The van der Waals surface area contributed by atoms with Crippen molar-refractivity contribution in [3.05, 3.63) is 28.2 Å². The van der Waals surface area contributed by atoms with Crippen molar-refractivity contribution in [1.82, 2.24) is 5.32 Å². The number of hydrogen-bond donors (Lipinski definition) is 1. The van der Waals surface area contributed by atoms with Crippen molar-refractivity contribution >= 4 is 15.9 Å². The third kappa shape index (κ3) is 6.84. The first-order valence-corrected chi connectivity index (χ1v) is 8.90. The van der Waals surface area contributed by atoms with E-state index in [0.717, 1.165) is 36.2 Å². The normalized spacial score (nSPS) is 13.0. The number of nitrogens with one attached hydrogen (secondary N) is 1. The van der Waals surface area contributed by atoms with Gasteiger partial charge in [-0.1, -0.05) is 57.0 Å². The second-order valence-electron chi connectivity index (χ2n) is 6.42. The Kier molecular flexibility index (Phi) is 8.35. The van der Waals surface area contributed by atoms with Crippen LogP contribution >= 0.6 is 15.9 Å². The van der Waals surface area contributed by atoms with E-state index >= 15 is 0 Å². The van der Waals surface area contributed by atoms with E-state index < -0.39 is 0 Å². The summed E-state index contributed by atoms with van der Waals surface area (Å²) in [7, 11) is 0. The summed E-state index contributed by atoms with van der Waals surface area (Å²) < 4.78 is 7.42. The molecule has 1 aromatic rings. The molecule has 0 amide bonds. The number of rotatable bonds is 9. The maximum Gasteiger partial charge on any atom is 0.123 e. The Labute approximate surface area is 138 Å². The van der Waals surface area contributed by atoms with Crippen LogP contribution in [0.1, 0.15) is 58.9 Å². The van der Waals surface area contributed by atoms with E-state index in [1.54, 1.807) is 0 Å². The molecule has 2 nitrogen and oxygen atoms in total. The summed E-state index contributed by atoms with van der Waals surface area (Å²) in [4.78, 5) is 0. The van der Waals surface area contributed by atoms with Gasteiger partial charge in [0.2, 0.25) is 0 Å². The van der Waals surface area contributed by atoms with Gasteiger partial charge in [-0.15, -0.1) is 0 Å². The van der Waals surface area contributed by atoms with E-state index in [1.165, 1.54) is 5.56 Å². The Morgan fingerprint density at radius 2 is 1.86 bits per heavy atom. The SMILES string of the molecule is CCCC(CNCC(C)C)Oc1ccc(Br)cc1C(C)C. The summed E-state index contributed by atoms with van der Waals surface area (Å²) in [5.74, 6) is 2.16.